The minimum atomic E-state index is -4.23. The molecule has 5 atom stereocenters. The van der Waals surface area contributed by atoms with Gasteiger partial charge >= 0.3 is 10.3 Å². The number of nitrogens with one attached hydrogen (secondary N) is 1. The first kappa shape index (κ1) is 16.4. The van der Waals surface area contributed by atoms with E-state index in [2.05, 4.69) is 11.6 Å². The zero-order valence-corrected chi connectivity index (χ0v) is 14.7. The van der Waals surface area contributed by atoms with E-state index in [9.17, 15) is 13.5 Å². The summed E-state index contributed by atoms with van der Waals surface area (Å²) in [6.07, 6.45) is 6.06. The van der Waals surface area contributed by atoms with Crippen molar-refractivity contribution in [3.63, 3.8) is 0 Å². The van der Waals surface area contributed by atoms with Crippen molar-refractivity contribution in [1.82, 2.24) is 0 Å². The molecule has 3 aliphatic rings. The molecule has 3 aliphatic carbocycles. The topological polar surface area (TPSA) is 86.6 Å². The molecule has 3 N–H and O–H groups in total. The van der Waals surface area contributed by atoms with Gasteiger partial charge < -0.3 is 5.11 Å². The van der Waals surface area contributed by atoms with Gasteiger partial charge in [0, 0.05) is 0 Å². The second-order valence-electron chi connectivity index (χ2n) is 8.04. The van der Waals surface area contributed by atoms with Crippen LogP contribution in [0.25, 0.3) is 0 Å². The van der Waals surface area contributed by atoms with Gasteiger partial charge in [0.25, 0.3) is 0 Å². The first-order chi connectivity index (χ1) is 11.3. The molecule has 1 aromatic carbocycles. The number of anilines is 1. The van der Waals surface area contributed by atoms with E-state index in [0.717, 1.165) is 38.5 Å². The molecule has 132 valence electrons. The number of aryl methyl sites for hydroxylation is 1. The summed E-state index contributed by atoms with van der Waals surface area (Å²) < 4.78 is 33.1. The summed E-state index contributed by atoms with van der Waals surface area (Å²) in [5, 5.41) is 10.4. The Kier molecular flexibility index (Phi) is 3.71. The molecule has 2 saturated carbocycles. The van der Waals surface area contributed by atoms with Crippen molar-refractivity contribution >= 4 is 16.0 Å². The lowest BCUT2D eigenvalue weighted by Gasteiger charge is -2.50. The number of rotatable bonds is 2. The number of aliphatic hydroxyl groups is 1. The van der Waals surface area contributed by atoms with Gasteiger partial charge in [0.2, 0.25) is 0 Å². The quantitative estimate of drug-likeness (QED) is 0.715. The van der Waals surface area contributed by atoms with Crippen molar-refractivity contribution in [2.45, 2.75) is 57.5 Å². The Hall–Kier alpha value is -1.11. The minimum absolute atomic E-state index is 0.0745. The Morgan fingerprint density at radius 3 is 2.75 bits per heavy atom. The van der Waals surface area contributed by atoms with E-state index in [1.807, 2.05) is 12.1 Å². The number of hydrogen-bond donors (Lipinski definition) is 3. The molecule has 6 heteroatoms. The van der Waals surface area contributed by atoms with Crippen LogP contribution < -0.4 is 4.72 Å². The molecule has 0 aromatic heterocycles. The average Bonchev–Trinajstić information content (AvgIpc) is 2.81. The molecule has 5 nitrogen and oxygen atoms in total. The molecular weight excluding hydrogens is 326 g/mol. The molecule has 3 unspecified atom stereocenters. The van der Waals surface area contributed by atoms with E-state index >= 15 is 0 Å². The summed E-state index contributed by atoms with van der Waals surface area (Å²) in [6.45, 7) is 2.26. The van der Waals surface area contributed by atoms with E-state index in [4.69, 9.17) is 4.55 Å². The fraction of sp³-hybridized carbons (Fsp3) is 0.667. The Labute approximate surface area is 143 Å². The van der Waals surface area contributed by atoms with E-state index in [1.165, 1.54) is 11.1 Å². The van der Waals surface area contributed by atoms with Gasteiger partial charge in [-0.05, 0) is 85.0 Å². The predicted octanol–water partition coefficient (Wildman–Crippen LogP) is 3.12. The fourth-order valence-electron chi connectivity index (χ4n) is 5.77. The maximum atomic E-state index is 11.0. The lowest BCUT2D eigenvalue weighted by molar-refractivity contribution is -0.0226. The van der Waals surface area contributed by atoms with Gasteiger partial charge in [-0.1, -0.05) is 13.0 Å². The first-order valence-electron chi connectivity index (χ1n) is 8.84. The summed E-state index contributed by atoms with van der Waals surface area (Å²) in [4.78, 5) is 0. The molecule has 0 amide bonds. The van der Waals surface area contributed by atoms with E-state index < -0.39 is 10.3 Å². The highest BCUT2D eigenvalue weighted by Crippen LogP contribution is 2.60. The van der Waals surface area contributed by atoms with Crippen molar-refractivity contribution in [1.29, 1.82) is 0 Å². The van der Waals surface area contributed by atoms with Crippen molar-refractivity contribution < 1.29 is 18.1 Å². The zero-order chi connectivity index (χ0) is 17.1. The molecule has 0 saturated heterocycles. The van der Waals surface area contributed by atoms with Crippen LogP contribution in [0.3, 0.4) is 0 Å². The molecule has 2 fully saturated rings. The predicted molar refractivity (Wildman–Crippen MR) is 92.2 cm³/mol. The highest BCUT2D eigenvalue weighted by molar-refractivity contribution is 7.87. The maximum Gasteiger partial charge on any atom is 0.357 e. The first-order valence-corrected chi connectivity index (χ1v) is 10.3. The van der Waals surface area contributed by atoms with Crippen LogP contribution in [-0.2, 0) is 16.7 Å². The van der Waals surface area contributed by atoms with Crippen molar-refractivity contribution in [3.05, 3.63) is 29.3 Å². The normalized spacial score (nSPS) is 38.1. The van der Waals surface area contributed by atoms with Crippen LogP contribution in [0.15, 0.2) is 18.2 Å². The number of benzene rings is 1. The summed E-state index contributed by atoms with van der Waals surface area (Å²) in [6, 6.07) is 5.62. The minimum Gasteiger partial charge on any atom is -0.393 e. The van der Waals surface area contributed by atoms with Crippen LogP contribution in [-0.4, -0.2) is 24.2 Å². The Balaban J connectivity index is 1.63. The summed E-state index contributed by atoms with van der Waals surface area (Å²) >= 11 is 0. The smallest absolute Gasteiger partial charge is 0.357 e. The molecule has 0 bridgehead atoms. The summed E-state index contributed by atoms with van der Waals surface area (Å²) in [5.41, 5.74) is 3.01. The highest BCUT2D eigenvalue weighted by atomic mass is 32.2. The molecular formula is C18H25NO4S. The number of fused-ring (bicyclic) bond motifs is 5. The second-order valence-corrected chi connectivity index (χ2v) is 9.20. The van der Waals surface area contributed by atoms with Gasteiger partial charge in [-0.2, -0.15) is 8.42 Å². The monoisotopic (exact) mass is 351 g/mol. The molecule has 0 heterocycles. The standard InChI is InChI=1S/C18H25NO4S/c1-18-9-8-14-13-5-3-12(19-24(21,22)23)10-11(13)2-4-15(14)16(18)6-7-17(18)20/h3,5,10,14-17,19-20H,2,4,6-9H2,1H3,(H,21,22,23)/t14?,15?,16?,17-,18-/m0/s1. The summed E-state index contributed by atoms with van der Waals surface area (Å²) in [5.74, 6) is 1.72. The van der Waals surface area contributed by atoms with Gasteiger partial charge in [0.1, 0.15) is 0 Å². The van der Waals surface area contributed by atoms with Crippen LogP contribution in [0.5, 0.6) is 0 Å². The van der Waals surface area contributed by atoms with Crippen LogP contribution in [0.4, 0.5) is 5.69 Å². The van der Waals surface area contributed by atoms with E-state index in [1.54, 1.807) is 6.07 Å². The van der Waals surface area contributed by atoms with Gasteiger partial charge in [-0.15, -0.1) is 0 Å². The molecule has 4 rings (SSSR count). The van der Waals surface area contributed by atoms with Crippen LogP contribution in [0.2, 0.25) is 0 Å². The second kappa shape index (κ2) is 5.44. The Bertz CT molecular complexity index is 762. The molecule has 0 aliphatic heterocycles. The van der Waals surface area contributed by atoms with Gasteiger partial charge in [0.05, 0.1) is 11.8 Å². The van der Waals surface area contributed by atoms with Gasteiger partial charge in [-0.3, -0.25) is 9.27 Å². The van der Waals surface area contributed by atoms with Gasteiger partial charge in [0.15, 0.2) is 0 Å². The Morgan fingerprint density at radius 1 is 1.21 bits per heavy atom. The molecule has 0 radical (unpaired) electrons. The summed E-state index contributed by atoms with van der Waals surface area (Å²) in [7, 11) is -4.23. The third kappa shape index (κ3) is 2.55. The van der Waals surface area contributed by atoms with E-state index in [-0.39, 0.29) is 11.5 Å². The maximum absolute atomic E-state index is 11.0. The number of hydrogen-bond acceptors (Lipinski definition) is 3. The largest absolute Gasteiger partial charge is 0.393 e. The lowest BCUT2D eigenvalue weighted by Crippen LogP contribution is -2.43. The Morgan fingerprint density at radius 2 is 2.00 bits per heavy atom. The van der Waals surface area contributed by atoms with Crippen molar-refractivity contribution in [2.75, 3.05) is 4.72 Å². The van der Waals surface area contributed by atoms with Gasteiger partial charge in [-0.25, -0.2) is 0 Å². The zero-order valence-electron chi connectivity index (χ0n) is 13.9. The van der Waals surface area contributed by atoms with Crippen molar-refractivity contribution in [3.8, 4) is 0 Å². The highest BCUT2D eigenvalue weighted by Gasteiger charge is 2.54. The van der Waals surface area contributed by atoms with Crippen LogP contribution in [0, 0.1) is 17.3 Å². The fourth-order valence-corrected chi connectivity index (χ4v) is 6.19. The van der Waals surface area contributed by atoms with Crippen LogP contribution >= 0.6 is 0 Å². The van der Waals surface area contributed by atoms with Crippen molar-refractivity contribution in [2.24, 2.45) is 17.3 Å². The molecule has 24 heavy (non-hydrogen) atoms. The van der Waals surface area contributed by atoms with E-state index in [0.29, 0.717) is 23.4 Å². The average molecular weight is 351 g/mol. The SMILES string of the molecule is C[C@]12CCC3c4ccc(NS(=O)(=O)O)cc4CCC3C1CC[C@@H]2O. The third-order valence-corrected chi connectivity index (χ3v) is 7.42. The van der Waals surface area contributed by atoms with Crippen LogP contribution in [0.1, 0.15) is 56.1 Å². The molecule has 1 aromatic rings. The third-order valence-electron chi connectivity index (χ3n) is 6.92. The number of aliphatic hydroxyl groups excluding tert-OH is 1. The lowest BCUT2D eigenvalue weighted by atomic mass is 9.55. The molecule has 0 spiro atoms.